The molecule has 1 N–H and O–H groups in total. The van der Waals surface area contributed by atoms with Crippen LogP contribution in [0, 0.1) is 6.92 Å². The van der Waals surface area contributed by atoms with Crippen LogP contribution in [-0.2, 0) is 27.4 Å². The molecule has 0 saturated carbocycles. The summed E-state index contributed by atoms with van der Waals surface area (Å²) in [5, 5.41) is 6.19. The smallest absolute Gasteiger partial charge is 0.325 e. The summed E-state index contributed by atoms with van der Waals surface area (Å²) in [6, 6.07) is 11.0. The molecule has 1 aromatic heterocycles. The highest BCUT2D eigenvalue weighted by Gasteiger charge is 2.09. The summed E-state index contributed by atoms with van der Waals surface area (Å²) in [5.74, 6) is -0.282. The van der Waals surface area contributed by atoms with Gasteiger partial charge in [0.05, 0.1) is 12.1 Å². The number of benzene rings is 1. The molecule has 0 aliphatic heterocycles. The quantitative estimate of drug-likeness (QED) is 0.812. The Bertz CT molecular complexity index is 607. The highest BCUT2D eigenvalue weighted by Crippen LogP contribution is 2.03. The monoisotopic (exact) mass is 288 g/mol. The molecule has 0 radical (unpaired) electrons. The highest BCUT2D eigenvalue weighted by molar-refractivity contribution is 5.83. The van der Waals surface area contributed by atoms with E-state index in [0.717, 1.165) is 11.3 Å². The molecule has 0 spiro atoms. The summed E-state index contributed by atoms with van der Waals surface area (Å²) in [4.78, 5) is 23.1. The summed E-state index contributed by atoms with van der Waals surface area (Å²) in [6.45, 7) is 1.62. The Kier molecular flexibility index (Phi) is 5.09. The molecule has 2 rings (SSSR count). The lowest BCUT2D eigenvalue weighted by atomic mass is 10.1. The van der Waals surface area contributed by atoms with Crippen molar-refractivity contribution in [1.29, 1.82) is 0 Å². The van der Waals surface area contributed by atoms with Crippen LogP contribution in [0.4, 0.5) is 0 Å². The number of carbonyl (C=O) groups is 2. The van der Waals surface area contributed by atoms with Crippen LogP contribution in [0.2, 0.25) is 0 Å². The predicted molar refractivity (Wildman–Crippen MR) is 74.2 cm³/mol. The zero-order valence-corrected chi connectivity index (χ0v) is 11.7. The Labute approximate surface area is 122 Å². The number of hydrogen-bond acceptors (Lipinski definition) is 5. The van der Waals surface area contributed by atoms with Crippen molar-refractivity contribution in [3.63, 3.8) is 0 Å². The molecule has 0 fully saturated rings. The number of aryl methyl sites for hydroxylation is 1. The SMILES string of the molecule is Cc1cc(COC(=O)CNC(=O)Cc2ccccc2)on1. The van der Waals surface area contributed by atoms with Gasteiger partial charge in [0.2, 0.25) is 5.91 Å². The predicted octanol–water partition coefficient (Wildman–Crippen LogP) is 1.39. The van der Waals surface area contributed by atoms with Gasteiger partial charge in [-0.2, -0.15) is 0 Å². The van der Waals surface area contributed by atoms with Gasteiger partial charge in [-0.15, -0.1) is 0 Å². The molecule has 0 atom stereocenters. The van der Waals surface area contributed by atoms with E-state index in [4.69, 9.17) is 9.26 Å². The number of carbonyl (C=O) groups excluding carboxylic acids is 2. The Morgan fingerprint density at radius 1 is 1.29 bits per heavy atom. The third kappa shape index (κ3) is 5.10. The molecular formula is C15H16N2O4. The molecule has 6 nitrogen and oxygen atoms in total. The third-order valence-electron chi connectivity index (χ3n) is 2.69. The first kappa shape index (κ1) is 14.8. The fourth-order valence-corrected chi connectivity index (χ4v) is 1.70. The first-order chi connectivity index (χ1) is 10.1. The number of nitrogens with one attached hydrogen (secondary N) is 1. The average molecular weight is 288 g/mol. The first-order valence-corrected chi connectivity index (χ1v) is 6.52. The van der Waals surface area contributed by atoms with Gasteiger partial charge in [-0.25, -0.2) is 0 Å². The number of aromatic nitrogens is 1. The van der Waals surface area contributed by atoms with E-state index in [1.54, 1.807) is 13.0 Å². The van der Waals surface area contributed by atoms with Crippen molar-refractivity contribution in [3.8, 4) is 0 Å². The van der Waals surface area contributed by atoms with Crippen LogP contribution < -0.4 is 5.32 Å². The number of ether oxygens (including phenoxy) is 1. The molecule has 1 aromatic carbocycles. The van der Waals surface area contributed by atoms with Crippen LogP contribution in [0.5, 0.6) is 0 Å². The summed E-state index contributed by atoms with van der Waals surface area (Å²) >= 11 is 0. The molecule has 0 aliphatic rings. The van der Waals surface area contributed by atoms with Crippen LogP contribution in [0.1, 0.15) is 17.0 Å². The zero-order valence-electron chi connectivity index (χ0n) is 11.7. The van der Waals surface area contributed by atoms with E-state index in [1.807, 2.05) is 30.3 Å². The zero-order chi connectivity index (χ0) is 15.1. The van der Waals surface area contributed by atoms with E-state index in [-0.39, 0.29) is 25.5 Å². The number of nitrogens with zero attached hydrogens (tertiary/aromatic N) is 1. The molecule has 110 valence electrons. The number of amides is 1. The lowest BCUT2D eigenvalue weighted by molar-refractivity contribution is -0.145. The fraction of sp³-hybridized carbons (Fsp3) is 0.267. The highest BCUT2D eigenvalue weighted by atomic mass is 16.5. The van der Waals surface area contributed by atoms with Gasteiger partial charge in [0.15, 0.2) is 12.4 Å². The molecule has 6 heteroatoms. The minimum Gasteiger partial charge on any atom is -0.456 e. The summed E-state index contributed by atoms with van der Waals surface area (Å²) < 4.78 is 9.86. The Morgan fingerprint density at radius 3 is 2.71 bits per heavy atom. The van der Waals surface area contributed by atoms with Crippen molar-refractivity contribution >= 4 is 11.9 Å². The minimum atomic E-state index is -0.523. The number of rotatable bonds is 6. The maximum Gasteiger partial charge on any atom is 0.325 e. The van der Waals surface area contributed by atoms with Gasteiger partial charge in [-0.1, -0.05) is 35.5 Å². The number of hydrogen-bond donors (Lipinski definition) is 1. The van der Waals surface area contributed by atoms with E-state index in [9.17, 15) is 9.59 Å². The van der Waals surface area contributed by atoms with E-state index in [0.29, 0.717) is 5.76 Å². The molecule has 0 unspecified atom stereocenters. The molecule has 2 aromatic rings. The molecule has 0 aliphatic carbocycles. The third-order valence-corrected chi connectivity index (χ3v) is 2.69. The minimum absolute atomic E-state index is 0.00816. The topological polar surface area (TPSA) is 81.4 Å². The van der Waals surface area contributed by atoms with E-state index >= 15 is 0 Å². The van der Waals surface area contributed by atoms with Crippen molar-refractivity contribution in [3.05, 3.63) is 53.4 Å². The van der Waals surface area contributed by atoms with Gasteiger partial charge in [0, 0.05) is 6.07 Å². The molecule has 0 saturated heterocycles. The van der Waals surface area contributed by atoms with Gasteiger partial charge >= 0.3 is 5.97 Å². The lowest BCUT2D eigenvalue weighted by Crippen LogP contribution is -2.31. The molecule has 1 heterocycles. The number of esters is 1. The Morgan fingerprint density at radius 2 is 2.05 bits per heavy atom. The van der Waals surface area contributed by atoms with Crippen molar-refractivity contribution in [2.45, 2.75) is 20.0 Å². The maximum absolute atomic E-state index is 11.6. The molecule has 1 amide bonds. The molecule has 21 heavy (non-hydrogen) atoms. The second-order valence-electron chi connectivity index (χ2n) is 4.53. The van der Waals surface area contributed by atoms with Gasteiger partial charge in [-0.05, 0) is 12.5 Å². The summed E-state index contributed by atoms with van der Waals surface area (Å²) in [7, 11) is 0. The second-order valence-corrected chi connectivity index (χ2v) is 4.53. The van der Waals surface area contributed by atoms with E-state index in [2.05, 4.69) is 10.5 Å². The van der Waals surface area contributed by atoms with E-state index in [1.165, 1.54) is 0 Å². The van der Waals surface area contributed by atoms with Crippen LogP contribution in [-0.4, -0.2) is 23.6 Å². The molecular weight excluding hydrogens is 272 g/mol. The largest absolute Gasteiger partial charge is 0.456 e. The fourth-order valence-electron chi connectivity index (χ4n) is 1.70. The first-order valence-electron chi connectivity index (χ1n) is 6.52. The normalized spacial score (nSPS) is 10.1. The van der Waals surface area contributed by atoms with Crippen LogP contribution in [0.3, 0.4) is 0 Å². The van der Waals surface area contributed by atoms with Crippen molar-refractivity contribution in [2.24, 2.45) is 0 Å². The van der Waals surface area contributed by atoms with Gasteiger partial charge in [-0.3, -0.25) is 9.59 Å². The van der Waals surface area contributed by atoms with Gasteiger partial charge < -0.3 is 14.6 Å². The standard InChI is InChI=1S/C15H16N2O4/c1-11-7-13(21-17-11)10-20-15(19)9-16-14(18)8-12-5-3-2-4-6-12/h2-7H,8-10H2,1H3,(H,16,18). The summed E-state index contributed by atoms with van der Waals surface area (Å²) in [5.41, 5.74) is 1.61. The van der Waals surface area contributed by atoms with Crippen molar-refractivity contribution in [2.75, 3.05) is 6.54 Å². The van der Waals surface area contributed by atoms with Gasteiger partial charge in [0.1, 0.15) is 6.54 Å². The Balaban J connectivity index is 1.67. The lowest BCUT2D eigenvalue weighted by Gasteiger charge is -2.05. The van der Waals surface area contributed by atoms with E-state index < -0.39 is 5.97 Å². The second kappa shape index (κ2) is 7.23. The Hall–Kier alpha value is -2.63. The van der Waals surface area contributed by atoms with Crippen LogP contribution >= 0.6 is 0 Å². The molecule has 0 bridgehead atoms. The van der Waals surface area contributed by atoms with Crippen molar-refractivity contribution in [1.82, 2.24) is 10.5 Å². The van der Waals surface area contributed by atoms with Crippen molar-refractivity contribution < 1.29 is 18.8 Å². The maximum atomic E-state index is 11.6. The van der Waals surface area contributed by atoms with Crippen LogP contribution in [0.15, 0.2) is 40.9 Å². The van der Waals surface area contributed by atoms with Crippen LogP contribution in [0.25, 0.3) is 0 Å². The summed E-state index contributed by atoms with van der Waals surface area (Å²) in [6.07, 6.45) is 0.232. The van der Waals surface area contributed by atoms with Gasteiger partial charge in [0.25, 0.3) is 0 Å². The average Bonchev–Trinajstić information content (AvgIpc) is 2.90.